The molecule has 1 N–H and O–H groups in total. The minimum atomic E-state index is -3.81. The molecule has 0 spiro atoms. The molecule has 0 saturated heterocycles. The van der Waals surface area contributed by atoms with Gasteiger partial charge < -0.3 is 19.7 Å². The third-order valence-corrected chi connectivity index (χ3v) is 7.80. The Hall–Kier alpha value is -3.27. The van der Waals surface area contributed by atoms with E-state index in [1.165, 1.54) is 11.8 Å². The van der Waals surface area contributed by atoms with E-state index in [0.717, 1.165) is 28.3 Å². The summed E-state index contributed by atoms with van der Waals surface area (Å²) in [5.74, 6) is -0.0321. The van der Waals surface area contributed by atoms with E-state index in [4.69, 9.17) is 9.47 Å². The molecule has 0 radical (unpaired) electrons. The van der Waals surface area contributed by atoms with Gasteiger partial charge in [-0.15, -0.1) is 0 Å². The van der Waals surface area contributed by atoms with Crippen LogP contribution in [0.2, 0.25) is 0 Å². The number of anilines is 1. The molecular formula is C26H35N3O6S. The van der Waals surface area contributed by atoms with Crippen molar-refractivity contribution >= 4 is 27.5 Å². The molecule has 0 fully saturated rings. The lowest BCUT2D eigenvalue weighted by Crippen LogP contribution is -2.51. The van der Waals surface area contributed by atoms with Crippen LogP contribution in [0.25, 0.3) is 0 Å². The quantitative estimate of drug-likeness (QED) is 0.434. The van der Waals surface area contributed by atoms with E-state index in [-0.39, 0.29) is 25.0 Å². The van der Waals surface area contributed by atoms with E-state index >= 15 is 0 Å². The Morgan fingerprint density at radius 1 is 1.08 bits per heavy atom. The standard InChI is InChI=1S/C26H35N3O6S/c1-5-7-13-27-26(31)20(4)28(16-21-10-8-9-19(3)14-21)25(30)17-29(36(32,33)6-2)22-11-12-23-24(15-22)35-18-34-23/h8-12,14-15,20H,5-7,13,16-18H2,1-4H3,(H,27,31)/t20-/m1/s1. The fraction of sp³-hybridized carbons (Fsp3) is 0.462. The number of hydrogen-bond acceptors (Lipinski definition) is 6. The van der Waals surface area contributed by atoms with Gasteiger partial charge in [0.25, 0.3) is 0 Å². The number of fused-ring (bicyclic) bond motifs is 1. The largest absolute Gasteiger partial charge is 0.454 e. The van der Waals surface area contributed by atoms with Crippen molar-refractivity contribution in [1.82, 2.24) is 10.2 Å². The van der Waals surface area contributed by atoms with Gasteiger partial charge in [0.15, 0.2) is 11.5 Å². The summed E-state index contributed by atoms with van der Waals surface area (Å²) in [7, 11) is -3.81. The van der Waals surface area contributed by atoms with Gasteiger partial charge in [0.1, 0.15) is 12.6 Å². The molecule has 0 aliphatic carbocycles. The van der Waals surface area contributed by atoms with Crippen LogP contribution >= 0.6 is 0 Å². The second-order valence-corrected chi connectivity index (χ2v) is 11.0. The number of nitrogens with one attached hydrogen (secondary N) is 1. The van der Waals surface area contributed by atoms with Gasteiger partial charge in [-0.2, -0.15) is 0 Å². The zero-order valence-electron chi connectivity index (χ0n) is 21.3. The molecule has 10 heteroatoms. The van der Waals surface area contributed by atoms with E-state index in [2.05, 4.69) is 5.32 Å². The fourth-order valence-electron chi connectivity index (χ4n) is 3.89. The summed E-state index contributed by atoms with van der Waals surface area (Å²) in [5.41, 5.74) is 2.17. The van der Waals surface area contributed by atoms with Crippen LogP contribution in [-0.4, -0.2) is 56.8 Å². The molecule has 2 amide bonds. The number of rotatable bonds is 12. The van der Waals surface area contributed by atoms with E-state index in [1.54, 1.807) is 25.1 Å². The van der Waals surface area contributed by atoms with Crippen LogP contribution in [0.5, 0.6) is 11.5 Å². The maximum absolute atomic E-state index is 13.7. The SMILES string of the molecule is CCCCNC(=O)[C@@H](C)N(Cc1cccc(C)c1)C(=O)CN(c1ccc2c(c1)OCO2)S(=O)(=O)CC. The Morgan fingerprint density at radius 3 is 2.53 bits per heavy atom. The molecule has 1 aliphatic heterocycles. The average molecular weight is 518 g/mol. The number of ether oxygens (including phenoxy) is 2. The number of hydrogen-bond donors (Lipinski definition) is 1. The van der Waals surface area contributed by atoms with Crippen molar-refractivity contribution in [3.63, 3.8) is 0 Å². The first-order chi connectivity index (χ1) is 17.2. The van der Waals surface area contributed by atoms with Gasteiger partial charge in [0.2, 0.25) is 28.6 Å². The van der Waals surface area contributed by atoms with Crippen molar-refractivity contribution in [2.24, 2.45) is 0 Å². The minimum absolute atomic E-state index is 0.0488. The van der Waals surface area contributed by atoms with Crippen LogP contribution in [0.1, 0.15) is 44.7 Å². The number of sulfonamides is 1. The van der Waals surface area contributed by atoms with Crippen LogP contribution < -0.4 is 19.1 Å². The third-order valence-electron chi connectivity index (χ3n) is 6.06. The lowest BCUT2D eigenvalue weighted by atomic mass is 10.1. The lowest BCUT2D eigenvalue weighted by molar-refractivity contribution is -0.139. The predicted octanol–water partition coefficient (Wildman–Crippen LogP) is 3.21. The summed E-state index contributed by atoms with van der Waals surface area (Å²) in [6, 6.07) is 11.6. The number of amides is 2. The smallest absolute Gasteiger partial charge is 0.244 e. The molecule has 0 aromatic heterocycles. The topological polar surface area (TPSA) is 105 Å². The molecule has 1 heterocycles. The van der Waals surface area contributed by atoms with E-state index < -0.39 is 28.5 Å². The van der Waals surface area contributed by atoms with Crippen LogP contribution in [0.4, 0.5) is 5.69 Å². The van der Waals surface area contributed by atoms with Gasteiger partial charge in [-0.3, -0.25) is 13.9 Å². The van der Waals surface area contributed by atoms with Crippen LogP contribution in [0.3, 0.4) is 0 Å². The Kier molecular flexibility index (Phi) is 9.19. The molecular weight excluding hydrogens is 482 g/mol. The third kappa shape index (κ3) is 6.69. The molecule has 0 unspecified atom stereocenters. The lowest BCUT2D eigenvalue weighted by Gasteiger charge is -2.32. The highest BCUT2D eigenvalue weighted by Crippen LogP contribution is 2.36. The Bertz CT molecular complexity index is 1180. The first-order valence-corrected chi connectivity index (χ1v) is 13.8. The molecule has 0 bridgehead atoms. The van der Waals surface area contributed by atoms with Crippen molar-refractivity contribution in [3.05, 3.63) is 53.6 Å². The van der Waals surface area contributed by atoms with Gasteiger partial charge in [0, 0.05) is 19.2 Å². The van der Waals surface area contributed by atoms with Gasteiger partial charge in [-0.1, -0.05) is 43.2 Å². The molecule has 2 aromatic carbocycles. The summed E-state index contributed by atoms with van der Waals surface area (Å²) in [6.45, 7) is 7.45. The molecule has 3 rings (SSSR count). The normalized spacial score (nSPS) is 13.2. The number of nitrogens with zero attached hydrogens (tertiary/aromatic N) is 2. The van der Waals surface area contributed by atoms with Crippen molar-refractivity contribution < 1.29 is 27.5 Å². The van der Waals surface area contributed by atoms with Crippen LogP contribution in [0.15, 0.2) is 42.5 Å². The zero-order valence-corrected chi connectivity index (χ0v) is 22.1. The summed E-state index contributed by atoms with van der Waals surface area (Å²) in [5, 5.41) is 2.88. The number of aryl methyl sites for hydroxylation is 1. The maximum atomic E-state index is 13.7. The summed E-state index contributed by atoms with van der Waals surface area (Å²) in [4.78, 5) is 28.0. The summed E-state index contributed by atoms with van der Waals surface area (Å²) < 4.78 is 37.9. The molecule has 1 atom stereocenters. The Balaban J connectivity index is 1.91. The van der Waals surface area contributed by atoms with Gasteiger partial charge in [-0.05, 0) is 44.9 Å². The van der Waals surface area contributed by atoms with Crippen molar-refractivity contribution in [2.45, 2.75) is 53.1 Å². The summed E-state index contributed by atoms with van der Waals surface area (Å²) >= 11 is 0. The highest BCUT2D eigenvalue weighted by Gasteiger charge is 2.31. The van der Waals surface area contributed by atoms with E-state index in [9.17, 15) is 18.0 Å². The molecule has 0 saturated carbocycles. The van der Waals surface area contributed by atoms with Crippen LogP contribution in [-0.2, 0) is 26.2 Å². The van der Waals surface area contributed by atoms with Gasteiger partial charge in [-0.25, -0.2) is 8.42 Å². The second kappa shape index (κ2) is 12.1. The van der Waals surface area contributed by atoms with Crippen LogP contribution in [0, 0.1) is 6.92 Å². The molecule has 36 heavy (non-hydrogen) atoms. The highest BCUT2D eigenvalue weighted by atomic mass is 32.2. The molecule has 9 nitrogen and oxygen atoms in total. The van der Waals surface area contributed by atoms with Gasteiger partial charge >= 0.3 is 0 Å². The average Bonchev–Trinajstić information content (AvgIpc) is 3.33. The monoisotopic (exact) mass is 517 g/mol. The number of carbonyl (C=O) groups is 2. The van der Waals surface area contributed by atoms with Gasteiger partial charge in [0.05, 0.1) is 11.4 Å². The molecule has 2 aromatic rings. The maximum Gasteiger partial charge on any atom is 0.244 e. The summed E-state index contributed by atoms with van der Waals surface area (Å²) in [6.07, 6.45) is 1.76. The molecule has 1 aliphatic rings. The zero-order chi connectivity index (χ0) is 26.3. The fourth-order valence-corrected chi connectivity index (χ4v) is 4.94. The van der Waals surface area contributed by atoms with Crippen molar-refractivity contribution in [1.29, 1.82) is 0 Å². The highest BCUT2D eigenvalue weighted by molar-refractivity contribution is 7.92. The predicted molar refractivity (Wildman–Crippen MR) is 138 cm³/mol. The first-order valence-electron chi connectivity index (χ1n) is 12.2. The number of benzene rings is 2. The Morgan fingerprint density at radius 2 is 1.83 bits per heavy atom. The van der Waals surface area contributed by atoms with E-state index in [1.807, 2.05) is 38.1 Å². The molecule has 196 valence electrons. The number of unbranched alkanes of at least 4 members (excludes halogenated alkanes) is 1. The van der Waals surface area contributed by atoms with Crippen molar-refractivity contribution in [3.8, 4) is 11.5 Å². The van der Waals surface area contributed by atoms with Crippen molar-refractivity contribution in [2.75, 3.05) is 29.9 Å². The minimum Gasteiger partial charge on any atom is -0.454 e. The first kappa shape index (κ1) is 27.3. The number of carbonyl (C=O) groups excluding carboxylic acids is 2. The second-order valence-electron chi connectivity index (χ2n) is 8.78. The van der Waals surface area contributed by atoms with E-state index in [0.29, 0.717) is 23.7 Å². The Labute approximate surface area is 213 Å².